The summed E-state index contributed by atoms with van der Waals surface area (Å²) in [6.45, 7) is 5.04. The smallest absolute Gasteiger partial charge is 0.230 e. The first-order chi connectivity index (χ1) is 11.6. The molecular weight excluding hydrogens is 320 g/mol. The third kappa shape index (κ3) is 4.38. The molecule has 0 saturated heterocycles. The highest BCUT2D eigenvalue weighted by Crippen LogP contribution is 2.41. The van der Waals surface area contributed by atoms with Gasteiger partial charge in [0.25, 0.3) is 0 Å². The molecule has 2 aromatic rings. The average Bonchev–Trinajstić information content (AvgIpc) is 3.33. The summed E-state index contributed by atoms with van der Waals surface area (Å²) in [6, 6.07) is 10.1. The van der Waals surface area contributed by atoms with Crippen molar-refractivity contribution in [3.63, 3.8) is 0 Å². The van der Waals surface area contributed by atoms with Crippen LogP contribution in [-0.4, -0.2) is 33.0 Å². The van der Waals surface area contributed by atoms with Crippen molar-refractivity contribution in [1.82, 2.24) is 20.1 Å². The van der Waals surface area contributed by atoms with Gasteiger partial charge >= 0.3 is 0 Å². The minimum atomic E-state index is 0.0521. The Morgan fingerprint density at radius 3 is 2.71 bits per heavy atom. The van der Waals surface area contributed by atoms with Crippen LogP contribution in [0.5, 0.6) is 0 Å². The van der Waals surface area contributed by atoms with Crippen molar-refractivity contribution in [1.29, 1.82) is 0 Å². The first-order valence-corrected chi connectivity index (χ1v) is 9.54. The molecule has 1 aliphatic carbocycles. The van der Waals surface area contributed by atoms with Gasteiger partial charge in [0.05, 0.1) is 5.75 Å². The van der Waals surface area contributed by atoms with Gasteiger partial charge in [-0.3, -0.25) is 9.36 Å². The fourth-order valence-corrected chi connectivity index (χ4v) is 3.27. The monoisotopic (exact) mass is 344 g/mol. The first-order valence-electron chi connectivity index (χ1n) is 8.55. The predicted octanol–water partition coefficient (Wildman–Crippen LogP) is 3.40. The number of nitrogens with zero attached hydrogens (tertiary/aromatic N) is 3. The zero-order valence-electron chi connectivity index (χ0n) is 14.2. The molecule has 24 heavy (non-hydrogen) atoms. The molecule has 1 N–H and O–H groups in total. The maximum absolute atomic E-state index is 12.0. The lowest BCUT2D eigenvalue weighted by Gasteiger charge is -2.10. The number of para-hydroxylation sites is 1. The highest BCUT2D eigenvalue weighted by Gasteiger charge is 2.31. The third-order valence-corrected chi connectivity index (χ3v) is 4.92. The van der Waals surface area contributed by atoms with Crippen LogP contribution in [-0.2, 0) is 4.79 Å². The van der Waals surface area contributed by atoms with Crippen LogP contribution in [0.25, 0.3) is 5.69 Å². The number of thioether (sulfide) groups is 1. The normalized spacial score (nSPS) is 14.1. The average molecular weight is 344 g/mol. The number of hydrogen-bond acceptors (Lipinski definition) is 4. The number of hydrogen-bond donors (Lipinski definition) is 1. The van der Waals surface area contributed by atoms with Gasteiger partial charge in [0.15, 0.2) is 5.16 Å². The molecule has 6 heteroatoms. The fourth-order valence-electron chi connectivity index (χ4n) is 2.48. The second-order valence-corrected chi connectivity index (χ2v) is 7.55. The third-order valence-electron chi connectivity index (χ3n) is 3.99. The van der Waals surface area contributed by atoms with Crippen molar-refractivity contribution < 1.29 is 4.79 Å². The van der Waals surface area contributed by atoms with E-state index in [1.165, 1.54) is 24.6 Å². The van der Waals surface area contributed by atoms with Gasteiger partial charge in [0.1, 0.15) is 5.82 Å². The van der Waals surface area contributed by atoms with Crippen LogP contribution >= 0.6 is 11.8 Å². The van der Waals surface area contributed by atoms with E-state index in [1.54, 1.807) is 0 Å². The molecule has 1 aromatic heterocycles. The van der Waals surface area contributed by atoms with Crippen molar-refractivity contribution in [3.8, 4) is 5.69 Å². The molecule has 0 atom stereocenters. The molecule has 0 bridgehead atoms. The number of carbonyl (C=O) groups is 1. The van der Waals surface area contributed by atoms with Gasteiger partial charge in [-0.05, 0) is 37.3 Å². The molecule has 1 aliphatic rings. The summed E-state index contributed by atoms with van der Waals surface area (Å²) in [4.78, 5) is 12.0. The lowest BCUT2D eigenvalue weighted by molar-refractivity contribution is -0.118. The highest BCUT2D eigenvalue weighted by atomic mass is 32.2. The van der Waals surface area contributed by atoms with Crippen molar-refractivity contribution in [3.05, 3.63) is 36.2 Å². The van der Waals surface area contributed by atoms with E-state index in [0.29, 0.717) is 17.6 Å². The summed E-state index contributed by atoms with van der Waals surface area (Å²) in [6.07, 6.45) is 3.35. The Balaban J connectivity index is 1.67. The van der Waals surface area contributed by atoms with E-state index in [-0.39, 0.29) is 5.91 Å². The zero-order chi connectivity index (χ0) is 16.9. The van der Waals surface area contributed by atoms with Gasteiger partial charge in [0.2, 0.25) is 5.91 Å². The second kappa shape index (κ2) is 7.83. The number of rotatable bonds is 8. The summed E-state index contributed by atoms with van der Waals surface area (Å²) < 4.78 is 2.10. The molecule has 0 radical (unpaired) electrons. The Bertz CT molecular complexity index is 680. The lowest BCUT2D eigenvalue weighted by Crippen LogP contribution is -2.27. The number of benzene rings is 1. The van der Waals surface area contributed by atoms with E-state index in [9.17, 15) is 4.79 Å². The summed E-state index contributed by atoms with van der Waals surface area (Å²) in [7, 11) is 0. The van der Waals surface area contributed by atoms with E-state index < -0.39 is 0 Å². The fraction of sp³-hybridized carbons (Fsp3) is 0.500. The van der Waals surface area contributed by atoms with E-state index >= 15 is 0 Å². The predicted molar refractivity (Wildman–Crippen MR) is 96.5 cm³/mol. The first kappa shape index (κ1) is 17.0. The minimum Gasteiger partial charge on any atom is -0.355 e. The van der Waals surface area contributed by atoms with Gasteiger partial charge in [-0.15, -0.1) is 10.2 Å². The second-order valence-electron chi connectivity index (χ2n) is 6.61. The van der Waals surface area contributed by atoms with Crippen LogP contribution in [0, 0.1) is 5.92 Å². The summed E-state index contributed by atoms with van der Waals surface area (Å²) in [5.74, 6) is 2.54. The Morgan fingerprint density at radius 1 is 1.29 bits per heavy atom. The van der Waals surface area contributed by atoms with Crippen LogP contribution in [0.15, 0.2) is 35.5 Å². The Hall–Kier alpha value is -1.82. The Morgan fingerprint density at radius 2 is 2.04 bits per heavy atom. The summed E-state index contributed by atoms with van der Waals surface area (Å²) >= 11 is 1.45. The Kier molecular flexibility index (Phi) is 5.56. The van der Waals surface area contributed by atoms with Crippen molar-refractivity contribution in [2.45, 2.75) is 44.2 Å². The molecule has 1 aromatic carbocycles. The largest absolute Gasteiger partial charge is 0.355 e. The maximum atomic E-state index is 12.0. The number of nitrogens with one attached hydrogen (secondary N) is 1. The van der Waals surface area contributed by atoms with Crippen molar-refractivity contribution in [2.24, 2.45) is 5.92 Å². The molecule has 1 heterocycles. The number of carbonyl (C=O) groups excluding carboxylic acids is 1. The zero-order valence-corrected chi connectivity index (χ0v) is 15.1. The van der Waals surface area contributed by atoms with Gasteiger partial charge < -0.3 is 5.32 Å². The number of amides is 1. The van der Waals surface area contributed by atoms with Gasteiger partial charge in [0, 0.05) is 18.2 Å². The van der Waals surface area contributed by atoms with E-state index in [4.69, 9.17) is 0 Å². The maximum Gasteiger partial charge on any atom is 0.230 e. The minimum absolute atomic E-state index is 0.0521. The van der Waals surface area contributed by atoms with E-state index in [1.807, 2.05) is 18.2 Å². The molecular formula is C18H24N4OS. The number of aromatic nitrogens is 3. The topological polar surface area (TPSA) is 59.8 Å². The molecule has 0 aliphatic heterocycles. The summed E-state index contributed by atoms with van der Waals surface area (Å²) in [5, 5.41) is 12.5. The molecule has 0 unspecified atom stereocenters. The molecule has 1 amide bonds. The summed E-state index contributed by atoms with van der Waals surface area (Å²) in [5.41, 5.74) is 1.06. The van der Waals surface area contributed by atoms with Crippen LogP contribution in [0.4, 0.5) is 0 Å². The molecule has 1 fully saturated rings. The van der Waals surface area contributed by atoms with Gasteiger partial charge in [-0.1, -0.05) is 43.8 Å². The molecule has 3 rings (SSSR count). The molecule has 5 nitrogen and oxygen atoms in total. The van der Waals surface area contributed by atoms with Crippen LogP contribution in [0.1, 0.15) is 44.9 Å². The standard InChI is InChI=1S/C18H24N4OS/c1-13(2)10-11-19-16(23)12-24-18-21-20-17(14-8-9-14)22(18)15-6-4-3-5-7-15/h3-7,13-14H,8-12H2,1-2H3,(H,19,23). The lowest BCUT2D eigenvalue weighted by atomic mass is 10.1. The van der Waals surface area contributed by atoms with Crippen molar-refractivity contribution >= 4 is 17.7 Å². The van der Waals surface area contributed by atoms with Gasteiger partial charge in [-0.2, -0.15) is 0 Å². The van der Waals surface area contributed by atoms with Crippen LogP contribution < -0.4 is 5.32 Å². The Labute approximate surface area is 147 Å². The quantitative estimate of drug-likeness (QED) is 0.746. The molecule has 0 spiro atoms. The van der Waals surface area contributed by atoms with E-state index in [2.05, 4.69) is 46.1 Å². The van der Waals surface area contributed by atoms with E-state index in [0.717, 1.165) is 29.6 Å². The highest BCUT2D eigenvalue weighted by molar-refractivity contribution is 7.99. The van der Waals surface area contributed by atoms with Crippen LogP contribution in [0.2, 0.25) is 0 Å². The van der Waals surface area contributed by atoms with Gasteiger partial charge in [-0.25, -0.2) is 0 Å². The SMILES string of the molecule is CC(C)CCNC(=O)CSc1nnc(C2CC2)n1-c1ccccc1. The van der Waals surface area contributed by atoms with Crippen LogP contribution in [0.3, 0.4) is 0 Å². The van der Waals surface area contributed by atoms with Crippen molar-refractivity contribution in [2.75, 3.05) is 12.3 Å². The molecule has 128 valence electrons. The molecule has 1 saturated carbocycles.